The van der Waals surface area contributed by atoms with Gasteiger partial charge >= 0.3 is 15.5 Å². The lowest BCUT2D eigenvalue weighted by molar-refractivity contribution is -0.0429. The Kier molecular flexibility index (Phi) is 3.38. The Morgan fingerprint density at radius 3 is 2.63 bits per heavy atom. The predicted octanol–water partition coefficient (Wildman–Crippen LogP) is 2.33. The number of benzene rings is 1. The molecule has 0 saturated carbocycles. The van der Waals surface area contributed by atoms with Gasteiger partial charge in [0.1, 0.15) is 0 Å². The number of sulfonamides is 1. The van der Waals surface area contributed by atoms with Crippen LogP contribution in [0.15, 0.2) is 18.2 Å². The number of anilines is 2. The molecule has 0 unspecified atom stereocenters. The third-order valence-corrected chi connectivity index (χ3v) is 4.11. The summed E-state index contributed by atoms with van der Waals surface area (Å²) in [6, 6.07) is 4.43. The van der Waals surface area contributed by atoms with Gasteiger partial charge in [-0.1, -0.05) is 6.07 Å². The molecule has 19 heavy (non-hydrogen) atoms. The molecule has 0 spiro atoms. The molecule has 2 rings (SSSR count). The highest BCUT2D eigenvalue weighted by atomic mass is 32.2. The molecule has 0 saturated heterocycles. The summed E-state index contributed by atoms with van der Waals surface area (Å²) in [6.07, 6.45) is 1.81. The van der Waals surface area contributed by atoms with Gasteiger partial charge in [-0.3, -0.25) is 4.72 Å². The highest BCUT2D eigenvalue weighted by molar-refractivity contribution is 7.93. The zero-order valence-corrected chi connectivity index (χ0v) is 11.0. The van der Waals surface area contributed by atoms with Crippen LogP contribution in [0.3, 0.4) is 0 Å². The zero-order chi connectivity index (χ0) is 14.3. The first kappa shape index (κ1) is 14.0. The van der Waals surface area contributed by atoms with Gasteiger partial charge < -0.3 is 4.90 Å². The topological polar surface area (TPSA) is 49.4 Å². The quantitative estimate of drug-likeness (QED) is 0.910. The average Bonchev–Trinajstić information content (AvgIpc) is 2.28. The number of nitrogens with one attached hydrogen (secondary N) is 1. The number of aryl methyl sites for hydroxylation is 1. The Morgan fingerprint density at radius 2 is 2.00 bits per heavy atom. The van der Waals surface area contributed by atoms with Crippen molar-refractivity contribution in [2.24, 2.45) is 0 Å². The minimum absolute atomic E-state index is 0.0789. The first-order valence-electron chi connectivity index (χ1n) is 5.64. The van der Waals surface area contributed by atoms with Gasteiger partial charge in [-0.2, -0.15) is 21.6 Å². The normalized spacial score (nSPS) is 16.1. The van der Waals surface area contributed by atoms with Crippen molar-refractivity contribution in [3.8, 4) is 0 Å². The van der Waals surface area contributed by atoms with Crippen molar-refractivity contribution in [3.05, 3.63) is 23.8 Å². The van der Waals surface area contributed by atoms with Crippen LogP contribution in [0.2, 0.25) is 0 Å². The van der Waals surface area contributed by atoms with Crippen molar-refractivity contribution < 1.29 is 21.6 Å². The van der Waals surface area contributed by atoms with Crippen LogP contribution < -0.4 is 9.62 Å². The van der Waals surface area contributed by atoms with E-state index in [0.717, 1.165) is 30.6 Å². The molecule has 0 aromatic heterocycles. The summed E-state index contributed by atoms with van der Waals surface area (Å²) in [7, 11) is -3.54. The molecule has 106 valence electrons. The number of hydrogen-bond acceptors (Lipinski definition) is 3. The fourth-order valence-electron chi connectivity index (χ4n) is 2.03. The van der Waals surface area contributed by atoms with Crippen molar-refractivity contribution in [2.75, 3.05) is 23.2 Å². The Balaban J connectivity index is 2.31. The van der Waals surface area contributed by atoms with Crippen LogP contribution in [0.5, 0.6) is 0 Å². The van der Waals surface area contributed by atoms with E-state index in [9.17, 15) is 21.6 Å². The van der Waals surface area contributed by atoms with E-state index >= 15 is 0 Å². The summed E-state index contributed by atoms with van der Waals surface area (Å²) in [6.45, 7) is 0.794. The average molecular weight is 294 g/mol. The maximum absolute atomic E-state index is 12.3. The van der Waals surface area contributed by atoms with Crippen LogP contribution in [0.4, 0.5) is 24.5 Å². The summed E-state index contributed by atoms with van der Waals surface area (Å²) < 4.78 is 60.4. The molecule has 0 aliphatic carbocycles. The van der Waals surface area contributed by atoms with E-state index in [1.807, 2.05) is 11.9 Å². The molecule has 0 bridgehead atoms. The molecular weight excluding hydrogens is 281 g/mol. The maximum atomic E-state index is 12.3. The maximum Gasteiger partial charge on any atom is 0.516 e. The van der Waals surface area contributed by atoms with E-state index in [4.69, 9.17) is 0 Å². The van der Waals surface area contributed by atoms with Gasteiger partial charge in [0, 0.05) is 19.3 Å². The van der Waals surface area contributed by atoms with Crippen molar-refractivity contribution in [3.63, 3.8) is 0 Å². The lowest BCUT2D eigenvalue weighted by Gasteiger charge is -2.28. The minimum atomic E-state index is -5.36. The van der Waals surface area contributed by atoms with Crippen LogP contribution in [0.1, 0.15) is 12.0 Å². The molecule has 1 N–H and O–H groups in total. The minimum Gasteiger partial charge on any atom is -0.374 e. The fraction of sp³-hybridized carbons (Fsp3) is 0.455. The highest BCUT2D eigenvalue weighted by Crippen LogP contribution is 2.31. The van der Waals surface area contributed by atoms with E-state index in [0.29, 0.717) is 0 Å². The van der Waals surface area contributed by atoms with E-state index in [-0.39, 0.29) is 5.69 Å². The molecule has 1 heterocycles. The van der Waals surface area contributed by atoms with Gasteiger partial charge in [0.25, 0.3) is 0 Å². The molecule has 1 aromatic rings. The van der Waals surface area contributed by atoms with E-state index < -0.39 is 15.5 Å². The van der Waals surface area contributed by atoms with Crippen LogP contribution in [-0.4, -0.2) is 27.5 Å². The highest BCUT2D eigenvalue weighted by Gasteiger charge is 2.46. The Labute approximate surface area is 109 Å². The molecule has 4 nitrogen and oxygen atoms in total. The van der Waals surface area contributed by atoms with Gasteiger partial charge in [-0.05, 0) is 30.5 Å². The first-order valence-corrected chi connectivity index (χ1v) is 7.12. The van der Waals surface area contributed by atoms with Crippen LogP contribution in [0.25, 0.3) is 0 Å². The summed E-state index contributed by atoms with van der Waals surface area (Å²) in [5, 5.41) is 0. The monoisotopic (exact) mass is 294 g/mol. The Morgan fingerprint density at radius 1 is 1.32 bits per heavy atom. The summed E-state index contributed by atoms with van der Waals surface area (Å²) in [4.78, 5) is 1.89. The largest absolute Gasteiger partial charge is 0.516 e. The molecule has 8 heteroatoms. The van der Waals surface area contributed by atoms with E-state index in [1.54, 1.807) is 10.8 Å². The molecule has 0 atom stereocenters. The lowest BCUT2D eigenvalue weighted by atomic mass is 10.0. The summed E-state index contributed by atoms with van der Waals surface area (Å²) >= 11 is 0. The van der Waals surface area contributed by atoms with Crippen molar-refractivity contribution in [1.82, 2.24) is 0 Å². The molecule has 0 radical (unpaired) electrons. The SMILES string of the molecule is CN1CCCc2ccc(NS(=O)(=O)C(F)(F)F)cc21. The zero-order valence-electron chi connectivity index (χ0n) is 10.2. The third kappa shape index (κ3) is 2.78. The number of hydrogen-bond donors (Lipinski definition) is 1. The second kappa shape index (κ2) is 4.59. The molecule has 0 amide bonds. The summed E-state index contributed by atoms with van der Waals surface area (Å²) in [5.41, 5.74) is -3.63. The smallest absolute Gasteiger partial charge is 0.374 e. The van der Waals surface area contributed by atoms with Crippen molar-refractivity contribution >= 4 is 21.4 Å². The lowest BCUT2D eigenvalue weighted by Crippen LogP contribution is -2.30. The second-order valence-electron chi connectivity index (χ2n) is 4.42. The molecule has 1 aliphatic rings. The number of nitrogens with zero attached hydrogens (tertiary/aromatic N) is 1. The number of alkyl halides is 3. The van der Waals surface area contributed by atoms with E-state index in [1.165, 1.54) is 12.1 Å². The molecule has 1 aromatic carbocycles. The third-order valence-electron chi connectivity index (χ3n) is 2.99. The number of fused-ring (bicyclic) bond motifs is 1. The standard InChI is InChI=1S/C11H13F3N2O2S/c1-16-6-2-3-8-4-5-9(7-10(8)16)15-19(17,18)11(12,13)14/h4-5,7,15H,2-3,6H2,1H3. The molecule has 1 aliphatic heterocycles. The summed E-state index contributed by atoms with van der Waals surface area (Å²) in [5.74, 6) is 0. The van der Waals surface area contributed by atoms with Gasteiger partial charge in [-0.25, -0.2) is 0 Å². The number of rotatable bonds is 2. The van der Waals surface area contributed by atoms with Gasteiger partial charge in [0.05, 0.1) is 5.69 Å². The molecular formula is C11H13F3N2O2S. The predicted molar refractivity (Wildman–Crippen MR) is 66.6 cm³/mol. The molecule has 0 fully saturated rings. The fourth-order valence-corrected chi connectivity index (χ4v) is 2.59. The van der Waals surface area contributed by atoms with E-state index in [2.05, 4.69) is 0 Å². The van der Waals surface area contributed by atoms with Gasteiger partial charge in [0.15, 0.2) is 0 Å². The Bertz CT molecular complexity index is 584. The second-order valence-corrected chi connectivity index (χ2v) is 6.09. The van der Waals surface area contributed by atoms with Crippen LogP contribution >= 0.6 is 0 Å². The van der Waals surface area contributed by atoms with Crippen LogP contribution in [0, 0.1) is 0 Å². The first-order chi connectivity index (χ1) is 8.71. The number of halogens is 3. The van der Waals surface area contributed by atoms with Crippen molar-refractivity contribution in [1.29, 1.82) is 0 Å². The van der Waals surface area contributed by atoms with Crippen molar-refractivity contribution in [2.45, 2.75) is 18.3 Å². The van der Waals surface area contributed by atoms with Gasteiger partial charge in [-0.15, -0.1) is 0 Å². The van der Waals surface area contributed by atoms with Crippen LogP contribution in [-0.2, 0) is 16.4 Å². The Hall–Kier alpha value is -1.44. The van der Waals surface area contributed by atoms with Gasteiger partial charge in [0.2, 0.25) is 0 Å².